The number of aromatic hydroxyl groups is 1. The summed E-state index contributed by atoms with van der Waals surface area (Å²) in [7, 11) is -4.36. The van der Waals surface area contributed by atoms with Crippen LogP contribution < -0.4 is 14.2 Å². The number of carbonyl (C=O) groups excluding carboxylic acids is 1. The number of oxime groups is 1. The van der Waals surface area contributed by atoms with Crippen molar-refractivity contribution in [3.05, 3.63) is 48.0 Å². The van der Waals surface area contributed by atoms with Gasteiger partial charge in [0.15, 0.2) is 0 Å². The molecule has 0 saturated carbocycles. The molecule has 0 spiro atoms. The minimum Gasteiger partial charge on any atom is -0.508 e. The van der Waals surface area contributed by atoms with Gasteiger partial charge in [-0.25, -0.2) is 9.08 Å². The smallest absolute Gasteiger partial charge is 0.508 e. The van der Waals surface area contributed by atoms with Crippen LogP contribution in [-0.4, -0.2) is 32.4 Å². The topological polar surface area (TPSA) is 133 Å². The maximum absolute atomic E-state index is 11.7. The third-order valence-corrected chi connectivity index (χ3v) is 4.88. The van der Waals surface area contributed by atoms with E-state index in [1.807, 2.05) is 0 Å². The van der Waals surface area contributed by atoms with E-state index in [1.165, 1.54) is 30.5 Å². The van der Waals surface area contributed by atoms with Gasteiger partial charge < -0.3 is 18.8 Å². The van der Waals surface area contributed by atoms with Gasteiger partial charge in [0.2, 0.25) is 0 Å². The Kier molecular flexibility index (Phi) is 6.54. The molecule has 0 fully saturated rings. The highest BCUT2D eigenvalue weighted by Crippen LogP contribution is 2.37. The van der Waals surface area contributed by atoms with Crippen molar-refractivity contribution < 1.29 is 36.3 Å². The number of ether oxygens (including phenoxy) is 2. The number of phenolic OH excluding ortho intramolecular Hbond substituents is 1. The van der Waals surface area contributed by atoms with Crippen LogP contribution in [0.25, 0.3) is 0 Å². The third-order valence-electron chi connectivity index (χ3n) is 4.21. The number of fused-ring (bicyclic) bond motifs is 1. The molecule has 0 bridgehead atoms. The Hall–Kier alpha value is -3.47. The first-order valence-corrected chi connectivity index (χ1v) is 10.7. The molecule has 2 N–H and O–H groups in total. The summed E-state index contributed by atoms with van der Waals surface area (Å²) >= 11 is 0. The van der Waals surface area contributed by atoms with Crippen molar-refractivity contribution in [1.82, 2.24) is 0 Å². The average Bonchev–Trinajstić information content (AvgIpc) is 2.68. The quantitative estimate of drug-likeness (QED) is 0.336. The highest BCUT2D eigenvalue weighted by Gasteiger charge is 2.33. The first kappa shape index (κ1) is 22.2. The molecule has 1 aliphatic heterocycles. The minimum atomic E-state index is -4.36. The van der Waals surface area contributed by atoms with Crippen LogP contribution in [-0.2, 0) is 25.0 Å². The van der Waals surface area contributed by atoms with E-state index in [-0.39, 0.29) is 11.5 Å². The van der Waals surface area contributed by atoms with E-state index in [0.29, 0.717) is 30.9 Å². The fourth-order valence-corrected chi connectivity index (χ4v) is 3.32. The van der Waals surface area contributed by atoms with E-state index >= 15 is 0 Å². The Morgan fingerprint density at radius 2 is 1.87 bits per heavy atom. The second-order valence-electron chi connectivity index (χ2n) is 7.07. The van der Waals surface area contributed by atoms with Gasteiger partial charge in [-0.2, -0.15) is 0 Å². The number of nitrogens with zero attached hydrogens (tertiary/aromatic N) is 1. The molecule has 0 unspecified atom stereocenters. The zero-order valence-electron chi connectivity index (χ0n) is 16.9. The zero-order valence-corrected chi connectivity index (χ0v) is 17.7. The van der Waals surface area contributed by atoms with Crippen molar-refractivity contribution in [2.45, 2.75) is 32.3 Å². The maximum atomic E-state index is 11.7. The SMILES string of the molecule is CC1(C)OC(=O)Nc2ccc(OCCCC=NOS(=O)(=O)Oc3ccc(O)cc3)cc21. The fraction of sp³-hybridized carbons (Fsp3) is 0.300. The largest absolute Gasteiger partial charge is 0.521 e. The van der Waals surface area contributed by atoms with Gasteiger partial charge >= 0.3 is 16.5 Å². The molecular formula is C20H22N2O8S. The summed E-state index contributed by atoms with van der Waals surface area (Å²) in [6.45, 7) is 3.95. The second kappa shape index (κ2) is 9.13. The van der Waals surface area contributed by atoms with Crippen molar-refractivity contribution in [1.29, 1.82) is 0 Å². The third kappa shape index (κ3) is 6.25. The summed E-state index contributed by atoms with van der Waals surface area (Å²) in [5.74, 6) is 0.578. The number of cyclic esters (lactones) is 1. The monoisotopic (exact) mass is 450 g/mol. The molecular weight excluding hydrogens is 428 g/mol. The summed E-state index contributed by atoms with van der Waals surface area (Å²) in [6, 6.07) is 10.4. The first-order valence-electron chi connectivity index (χ1n) is 9.36. The lowest BCUT2D eigenvalue weighted by Crippen LogP contribution is -2.34. The summed E-state index contributed by atoms with van der Waals surface area (Å²) in [5.41, 5.74) is 0.710. The molecule has 3 rings (SSSR count). The van der Waals surface area contributed by atoms with Crippen molar-refractivity contribution in [2.24, 2.45) is 5.16 Å². The number of phenols is 1. The summed E-state index contributed by atoms with van der Waals surface area (Å²) in [5, 5.41) is 15.2. The molecule has 11 heteroatoms. The number of rotatable bonds is 9. The van der Waals surface area contributed by atoms with E-state index in [4.69, 9.17) is 14.6 Å². The number of anilines is 1. The van der Waals surface area contributed by atoms with Gasteiger partial charge in [-0.1, -0.05) is 5.16 Å². The normalized spacial score (nSPS) is 15.0. The van der Waals surface area contributed by atoms with E-state index in [2.05, 4.69) is 18.9 Å². The molecule has 10 nitrogen and oxygen atoms in total. The molecule has 1 amide bonds. The lowest BCUT2D eigenvalue weighted by molar-refractivity contribution is 0.0418. The summed E-state index contributed by atoms with van der Waals surface area (Å²) in [4.78, 5) is 11.5. The van der Waals surface area contributed by atoms with Crippen LogP contribution in [0.15, 0.2) is 47.6 Å². The van der Waals surface area contributed by atoms with Crippen LogP contribution in [0.1, 0.15) is 32.3 Å². The molecule has 0 radical (unpaired) electrons. The number of carbonyl (C=O) groups is 1. The minimum absolute atomic E-state index is 0.0143. The Labute approximate surface area is 179 Å². The van der Waals surface area contributed by atoms with Gasteiger partial charge in [0.25, 0.3) is 0 Å². The summed E-state index contributed by atoms with van der Waals surface area (Å²) in [6.07, 6.45) is 1.76. The van der Waals surface area contributed by atoms with Crippen LogP contribution in [0.5, 0.6) is 17.2 Å². The van der Waals surface area contributed by atoms with Crippen molar-refractivity contribution in [3.8, 4) is 17.2 Å². The molecule has 2 aromatic rings. The average molecular weight is 450 g/mol. The molecule has 166 valence electrons. The van der Waals surface area contributed by atoms with Gasteiger partial charge in [0.1, 0.15) is 22.8 Å². The summed E-state index contributed by atoms with van der Waals surface area (Å²) < 4.78 is 43.4. The number of amides is 1. The van der Waals surface area contributed by atoms with Crippen molar-refractivity contribution >= 4 is 28.4 Å². The van der Waals surface area contributed by atoms with Crippen LogP contribution in [0.4, 0.5) is 10.5 Å². The van der Waals surface area contributed by atoms with Gasteiger partial charge in [-0.15, -0.1) is 8.42 Å². The van der Waals surface area contributed by atoms with E-state index in [1.54, 1.807) is 32.0 Å². The second-order valence-corrected chi connectivity index (χ2v) is 8.20. The number of hydrogen-bond donors (Lipinski definition) is 2. The Morgan fingerprint density at radius 1 is 1.16 bits per heavy atom. The highest BCUT2D eigenvalue weighted by molar-refractivity contribution is 7.82. The van der Waals surface area contributed by atoms with Crippen LogP contribution >= 0.6 is 0 Å². The number of hydrogen-bond acceptors (Lipinski definition) is 9. The molecule has 0 atom stereocenters. The molecule has 1 heterocycles. The number of unbranched alkanes of at least 4 members (excludes halogenated alkanes) is 1. The lowest BCUT2D eigenvalue weighted by atomic mass is 9.94. The zero-order chi connectivity index (χ0) is 22.5. The van der Waals surface area contributed by atoms with E-state index in [9.17, 15) is 13.2 Å². The molecule has 1 aliphatic rings. The lowest BCUT2D eigenvalue weighted by Gasteiger charge is -2.32. The molecule has 2 aromatic carbocycles. The molecule has 31 heavy (non-hydrogen) atoms. The van der Waals surface area contributed by atoms with Crippen LogP contribution in [0, 0.1) is 0 Å². The predicted octanol–water partition coefficient (Wildman–Crippen LogP) is 3.67. The Morgan fingerprint density at radius 3 is 2.61 bits per heavy atom. The van der Waals surface area contributed by atoms with Crippen molar-refractivity contribution in [2.75, 3.05) is 11.9 Å². The standard InChI is InChI=1S/C20H22N2O8S/c1-20(2)17-13-16(9-10-18(17)22-19(24)28-20)27-12-4-3-11-21-30-31(25,26)29-15-7-5-14(23)6-8-15/h5-11,13,23H,3-4,12H2,1-2H3,(H,22,24). The first-order chi connectivity index (χ1) is 14.6. The van der Waals surface area contributed by atoms with Gasteiger partial charge in [-0.05, 0) is 69.2 Å². The van der Waals surface area contributed by atoms with Crippen LogP contribution in [0.3, 0.4) is 0 Å². The molecule has 0 saturated heterocycles. The van der Waals surface area contributed by atoms with Gasteiger partial charge in [-0.3, -0.25) is 5.32 Å². The number of benzene rings is 2. The molecule has 0 aromatic heterocycles. The van der Waals surface area contributed by atoms with E-state index in [0.717, 1.165) is 5.56 Å². The van der Waals surface area contributed by atoms with Gasteiger partial charge in [0, 0.05) is 11.8 Å². The van der Waals surface area contributed by atoms with Gasteiger partial charge in [0.05, 0.1) is 12.3 Å². The predicted molar refractivity (Wildman–Crippen MR) is 112 cm³/mol. The molecule has 0 aliphatic carbocycles. The Balaban J connectivity index is 1.42. The van der Waals surface area contributed by atoms with Crippen molar-refractivity contribution in [3.63, 3.8) is 0 Å². The number of nitrogens with one attached hydrogen (secondary N) is 1. The highest BCUT2D eigenvalue weighted by atomic mass is 32.3. The van der Waals surface area contributed by atoms with Crippen LogP contribution in [0.2, 0.25) is 0 Å². The fourth-order valence-electron chi connectivity index (χ4n) is 2.78. The van der Waals surface area contributed by atoms with E-state index < -0.39 is 22.1 Å². The maximum Gasteiger partial charge on any atom is 0.521 e. The Bertz CT molecular complexity index is 1070.